The van der Waals surface area contributed by atoms with Gasteiger partial charge in [0.15, 0.2) is 0 Å². The summed E-state index contributed by atoms with van der Waals surface area (Å²) in [5, 5.41) is 19.9. The van der Waals surface area contributed by atoms with Crippen LogP contribution in [0.5, 0.6) is 0 Å². The Kier molecular flexibility index (Phi) is 10.7. The fraction of sp³-hybridized carbons (Fsp3) is 0.562. The third kappa shape index (κ3) is 7.21. The van der Waals surface area contributed by atoms with Crippen molar-refractivity contribution in [3.8, 4) is 12.1 Å². The van der Waals surface area contributed by atoms with Gasteiger partial charge in [0, 0.05) is 0 Å². The van der Waals surface area contributed by atoms with Crippen molar-refractivity contribution >= 4 is 0 Å². The Morgan fingerprint density at radius 3 is 1.91 bits per heavy atom. The summed E-state index contributed by atoms with van der Waals surface area (Å²) in [6, 6.07) is 18.0. The quantitative estimate of drug-likeness (QED) is 0.301. The molecule has 0 amide bonds. The average molecular weight is 455 g/mol. The van der Waals surface area contributed by atoms with Crippen LogP contribution in [0.15, 0.2) is 36.4 Å². The molecule has 0 aliphatic heterocycles. The van der Waals surface area contributed by atoms with Crippen molar-refractivity contribution in [2.45, 2.75) is 110 Å². The molecule has 34 heavy (non-hydrogen) atoms. The van der Waals surface area contributed by atoms with Gasteiger partial charge >= 0.3 is 0 Å². The Morgan fingerprint density at radius 2 is 1.29 bits per heavy atom. The highest BCUT2D eigenvalue weighted by Crippen LogP contribution is 2.40. The summed E-state index contributed by atoms with van der Waals surface area (Å²) in [4.78, 5) is 0. The Labute approximate surface area is 208 Å². The summed E-state index contributed by atoms with van der Waals surface area (Å²) in [5.41, 5.74) is 6.09. The van der Waals surface area contributed by atoms with Crippen molar-refractivity contribution in [1.29, 1.82) is 10.5 Å². The third-order valence-electron chi connectivity index (χ3n) is 7.82. The van der Waals surface area contributed by atoms with Crippen LogP contribution < -0.4 is 0 Å². The monoisotopic (exact) mass is 454 g/mol. The summed E-state index contributed by atoms with van der Waals surface area (Å²) >= 11 is 0. The van der Waals surface area contributed by atoms with Gasteiger partial charge in [-0.1, -0.05) is 88.8 Å². The minimum Gasteiger partial charge on any atom is -0.192 e. The standard InChI is InChI=1S/C32H42N2/c1-3-5-7-9-25-11-13-27(14-12-25)17-20-29-21-22-30(32(24-34)31(29)23-33)28-18-15-26(16-19-28)10-8-6-4-2/h11-14,21-22,26,28H,3-10,15-20H2,1-2H3/t26-,28-. The Bertz CT molecular complexity index is 966. The number of nitrogens with zero attached hydrogens (tertiary/aromatic N) is 2. The number of rotatable bonds is 12. The molecule has 2 aromatic carbocycles. The largest absolute Gasteiger partial charge is 0.192 e. The van der Waals surface area contributed by atoms with Crippen LogP contribution in [0.3, 0.4) is 0 Å². The molecule has 0 aromatic heterocycles. The van der Waals surface area contributed by atoms with Crippen molar-refractivity contribution in [3.05, 3.63) is 69.8 Å². The van der Waals surface area contributed by atoms with Gasteiger partial charge in [-0.3, -0.25) is 0 Å². The maximum absolute atomic E-state index is 9.98. The first kappa shape index (κ1) is 26.0. The van der Waals surface area contributed by atoms with Crippen molar-refractivity contribution in [1.82, 2.24) is 0 Å². The first-order chi connectivity index (χ1) is 16.7. The molecule has 2 heteroatoms. The van der Waals surface area contributed by atoms with Gasteiger partial charge in [-0.05, 0) is 85.5 Å². The van der Waals surface area contributed by atoms with Crippen LogP contribution in [-0.2, 0) is 19.3 Å². The molecular formula is C32H42N2. The van der Waals surface area contributed by atoms with Crippen molar-refractivity contribution < 1.29 is 0 Å². The van der Waals surface area contributed by atoms with E-state index in [0.717, 1.165) is 49.1 Å². The highest BCUT2D eigenvalue weighted by atomic mass is 14.3. The maximum Gasteiger partial charge on any atom is 0.101 e. The summed E-state index contributed by atoms with van der Waals surface area (Å²) in [5.74, 6) is 1.28. The first-order valence-electron chi connectivity index (χ1n) is 13.7. The zero-order chi connectivity index (χ0) is 24.2. The zero-order valence-corrected chi connectivity index (χ0v) is 21.4. The lowest BCUT2D eigenvalue weighted by Gasteiger charge is -2.29. The summed E-state index contributed by atoms with van der Waals surface area (Å²) in [6.45, 7) is 4.50. The Morgan fingerprint density at radius 1 is 0.676 bits per heavy atom. The van der Waals surface area contributed by atoms with Crippen LogP contribution in [0.1, 0.15) is 124 Å². The highest BCUT2D eigenvalue weighted by Gasteiger charge is 2.25. The van der Waals surface area contributed by atoms with Gasteiger partial charge in [-0.2, -0.15) is 10.5 Å². The minimum atomic E-state index is 0.429. The highest BCUT2D eigenvalue weighted by molar-refractivity contribution is 5.56. The molecular weight excluding hydrogens is 412 g/mol. The molecule has 1 aliphatic rings. The van der Waals surface area contributed by atoms with Crippen molar-refractivity contribution in [2.24, 2.45) is 5.92 Å². The number of benzene rings is 2. The second kappa shape index (κ2) is 14.0. The van der Waals surface area contributed by atoms with E-state index in [-0.39, 0.29) is 0 Å². The molecule has 0 unspecified atom stereocenters. The van der Waals surface area contributed by atoms with Gasteiger partial charge in [0.05, 0.1) is 11.1 Å². The molecule has 180 valence electrons. The van der Waals surface area contributed by atoms with Crippen LogP contribution in [0.2, 0.25) is 0 Å². The van der Waals surface area contributed by atoms with Gasteiger partial charge in [0.25, 0.3) is 0 Å². The maximum atomic E-state index is 9.98. The number of hydrogen-bond acceptors (Lipinski definition) is 2. The SMILES string of the molecule is CCCCCc1ccc(CCc2ccc([C@H]3CC[C@H](CCCCC)CC3)c(C#N)c2C#N)cc1. The molecule has 2 nitrogen and oxygen atoms in total. The smallest absolute Gasteiger partial charge is 0.101 e. The van der Waals surface area contributed by atoms with Crippen LogP contribution in [0, 0.1) is 28.6 Å². The predicted molar refractivity (Wildman–Crippen MR) is 142 cm³/mol. The van der Waals surface area contributed by atoms with Crippen LogP contribution in [-0.4, -0.2) is 0 Å². The molecule has 0 heterocycles. The average Bonchev–Trinajstić information content (AvgIpc) is 2.88. The van der Waals surface area contributed by atoms with Gasteiger partial charge in [0.2, 0.25) is 0 Å². The normalized spacial score (nSPS) is 17.8. The number of hydrogen-bond donors (Lipinski definition) is 0. The summed E-state index contributed by atoms with van der Waals surface area (Å²) < 4.78 is 0. The second-order valence-corrected chi connectivity index (χ2v) is 10.3. The van der Waals surface area contributed by atoms with Gasteiger partial charge in [0.1, 0.15) is 12.1 Å². The third-order valence-corrected chi connectivity index (χ3v) is 7.82. The number of aryl methyl sites for hydroxylation is 3. The molecule has 1 saturated carbocycles. The van der Waals surface area contributed by atoms with E-state index in [1.807, 2.05) is 0 Å². The summed E-state index contributed by atoms with van der Waals surface area (Å²) in [6.07, 6.45) is 16.8. The Balaban J connectivity index is 1.63. The van der Waals surface area contributed by atoms with E-state index in [0.29, 0.717) is 17.0 Å². The first-order valence-corrected chi connectivity index (χ1v) is 13.7. The number of unbranched alkanes of at least 4 members (excludes halogenated alkanes) is 4. The van der Waals surface area contributed by atoms with E-state index in [1.54, 1.807) is 0 Å². The molecule has 0 spiro atoms. The minimum absolute atomic E-state index is 0.429. The van der Waals surface area contributed by atoms with Gasteiger partial charge in [-0.15, -0.1) is 0 Å². The van der Waals surface area contributed by atoms with E-state index < -0.39 is 0 Å². The van der Waals surface area contributed by atoms with E-state index in [1.165, 1.54) is 68.9 Å². The van der Waals surface area contributed by atoms with E-state index in [4.69, 9.17) is 0 Å². The number of nitriles is 2. The summed E-state index contributed by atoms with van der Waals surface area (Å²) in [7, 11) is 0. The molecule has 1 aliphatic carbocycles. The zero-order valence-electron chi connectivity index (χ0n) is 21.4. The molecule has 0 radical (unpaired) electrons. The lowest BCUT2D eigenvalue weighted by atomic mass is 9.75. The topological polar surface area (TPSA) is 47.6 Å². The lowest BCUT2D eigenvalue weighted by molar-refractivity contribution is 0.302. The van der Waals surface area contributed by atoms with Crippen LogP contribution in [0.25, 0.3) is 0 Å². The lowest BCUT2D eigenvalue weighted by Crippen LogP contribution is -2.15. The fourth-order valence-electron chi connectivity index (χ4n) is 5.63. The van der Waals surface area contributed by atoms with E-state index in [9.17, 15) is 10.5 Å². The van der Waals surface area contributed by atoms with Gasteiger partial charge < -0.3 is 0 Å². The molecule has 0 atom stereocenters. The van der Waals surface area contributed by atoms with Crippen molar-refractivity contribution in [2.75, 3.05) is 0 Å². The second-order valence-electron chi connectivity index (χ2n) is 10.3. The van der Waals surface area contributed by atoms with E-state index >= 15 is 0 Å². The molecule has 0 saturated heterocycles. The molecule has 0 bridgehead atoms. The van der Waals surface area contributed by atoms with Crippen LogP contribution >= 0.6 is 0 Å². The molecule has 2 aromatic rings. The Hall–Kier alpha value is -2.58. The molecule has 0 N–H and O–H groups in total. The van der Waals surface area contributed by atoms with Gasteiger partial charge in [-0.25, -0.2) is 0 Å². The fourth-order valence-corrected chi connectivity index (χ4v) is 5.63. The molecule has 1 fully saturated rings. The van der Waals surface area contributed by atoms with Crippen molar-refractivity contribution in [3.63, 3.8) is 0 Å². The van der Waals surface area contributed by atoms with E-state index in [2.05, 4.69) is 62.4 Å². The molecule has 3 rings (SSSR count). The predicted octanol–water partition coefficient (Wildman–Crippen LogP) is 8.80. The van der Waals surface area contributed by atoms with Crippen LogP contribution in [0.4, 0.5) is 0 Å².